The van der Waals surface area contributed by atoms with Crippen LogP contribution in [0.4, 0.5) is 0 Å². The van der Waals surface area contributed by atoms with Crippen molar-refractivity contribution in [3.05, 3.63) is 46.3 Å². The van der Waals surface area contributed by atoms with Crippen LogP contribution in [0.3, 0.4) is 0 Å². The number of benzene rings is 1. The van der Waals surface area contributed by atoms with E-state index in [-0.39, 0.29) is 12.5 Å². The first-order chi connectivity index (χ1) is 11.7. The van der Waals surface area contributed by atoms with Gasteiger partial charge in [-0.1, -0.05) is 41.7 Å². The summed E-state index contributed by atoms with van der Waals surface area (Å²) in [5.41, 5.74) is 1.03. The zero-order chi connectivity index (χ0) is 16.9. The Morgan fingerprint density at radius 2 is 1.96 bits per heavy atom. The van der Waals surface area contributed by atoms with Gasteiger partial charge >= 0.3 is 0 Å². The number of aryl methyl sites for hydroxylation is 1. The number of rotatable bonds is 4. The number of hydrogen-bond acceptors (Lipinski definition) is 4. The number of amides is 1. The van der Waals surface area contributed by atoms with Gasteiger partial charge in [0.15, 0.2) is 5.69 Å². The van der Waals surface area contributed by atoms with Crippen molar-refractivity contribution in [3.63, 3.8) is 0 Å². The van der Waals surface area contributed by atoms with Crippen LogP contribution in [0.15, 0.2) is 28.8 Å². The molecule has 5 nitrogen and oxygen atoms in total. The Hall–Kier alpha value is -2.01. The molecule has 1 aromatic carbocycles. The highest BCUT2D eigenvalue weighted by Gasteiger charge is 2.25. The number of halogens is 1. The second-order valence-corrected chi connectivity index (χ2v) is 6.40. The molecule has 3 rings (SSSR count). The standard InChI is InChI=1S/C18H21ClN2O3/c1-13-14(12-23-16-9-5-4-8-15(16)19)17(20-24-13)18(22)21-10-6-2-3-7-11-21/h4-5,8-9H,2-3,6-7,10-12H2,1H3. The highest BCUT2D eigenvalue weighted by molar-refractivity contribution is 6.32. The van der Waals surface area contributed by atoms with E-state index in [9.17, 15) is 4.79 Å². The fourth-order valence-electron chi connectivity index (χ4n) is 2.86. The number of para-hydroxylation sites is 1. The van der Waals surface area contributed by atoms with E-state index in [1.165, 1.54) is 12.8 Å². The van der Waals surface area contributed by atoms with Gasteiger partial charge in [0, 0.05) is 13.1 Å². The van der Waals surface area contributed by atoms with Crippen molar-refractivity contribution in [2.45, 2.75) is 39.2 Å². The first kappa shape index (κ1) is 16.8. The Balaban J connectivity index is 1.75. The van der Waals surface area contributed by atoms with Crippen molar-refractivity contribution >= 4 is 17.5 Å². The van der Waals surface area contributed by atoms with Gasteiger partial charge in [0.05, 0.1) is 10.6 Å². The average Bonchev–Trinajstić information content (AvgIpc) is 2.78. The summed E-state index contributed by atoms with van der Waals surface area (Å²) in [7, 11) is 0. The maximum atomic E-state index is 12.8. The third kappa shape index (κ3) is 3.73. The minimum absolute atomic E-state index is 0.0773. The number of hydrogen-bond donors (Lipinski definition) is 0. The molecule has 0 aliphatic carbocycles. The van der Waals surface area contributed by atoms with Gasteiger partial charge in [0.2, 0.25) is 0 Å². The minimum atomic E-state index is -0.0773. The predicted octanol–water partition coefficient (Wildman–Crippen LogP) is 4.23. The number of carbonyl (C=O) groups is 1. The Labute approximate surface area is 146 Å². The van der Waals surface area contributed by atoms with Crippen LogP contribution in [-0.2, 0) is 6.61 Å². The van der Waals surface area contributed by atoms with Gasteiger partial charge in [-0.2, -0.15) is 0 Å². The largest absolute Gasteiger partial charge is 0.487 e. The van der Waals surface area contributed by atoms with Crippen LogP contribution in [0.1, 0.15) is 47.5 Å². The lowest BCUT2D eigenvalue weighted by molar-refractivity contribution is 0.0749. The van der Waals surface area contributed by atoms with Gasteiger partial charge in [-0.3, -0.25) is 4.79 Å². The van der Waals surface area contributed by atoms with Crippen LogP contribution in [-0.4, -0.2) is 29.1 Å². The fourth-order valence-corrected chi connectivity index (χ4v) is 3.05. The zero-order valence-electron chi connectivity index (χ0n) is 13.8. The maximum absolute atomic E-state index is 12.8. The third-order valence-corrected chi connectivity index (χ3v) is 4.60. The molecule has 0 atom stereocenters. The number of aromatic nitrogens is 1. The summed E-state index contributed by atoms with van der Waals surface area (Å²) >= 11 is 6.11. The maximum Gasteiger partial charge on any atom is 0.276 e. The lowest BCUT2D eigenvalue weighted by Crippen LogP contribution is -2.32. The summed E-state index contributed by atoms with van der Waals surface area (Å²) in [6.07, 6.45) is 4.41. The Morgan fingerprint density at radius 3 is 2.67 bits per heavy atom. The van der Waals surface area contributed by atoms with E-state index >= 15 is 0 Å². The van der Waals surface area contributed by atoms with Crippen LogP contribution in [0.25, 0.3) is 0 Å². The zero-order valence-corrected chi connectivity index (χ0v) is 14.5. The Bertz CT molecular complexity index is 706. The van der Waals surface area contributed by atoms with Crippen LogP contribution in [0.2, 0.25) is 5.02 Å². The van der Waals surface area contributed by atoms with Gasteiger partial charge in [-0.15, -0.1) is 0 Å². The lowest BCUT2D eigenvalue weighted by atomic mass is 10.2. The van der Waals surface area contributed by atoms with E-state index in [1.54, 1.807) is 19.1 Å². The number of ether oxygens (including phenoxy) is 1. The predicted molar refractivity (Wildman–Crippen MR) is 91.4 cm³/mol. The molecule has 0 radical (unpaired) electrons. The number of carbonyl (C=O) groups excluding carboxylic acids is 1. The third-order valence-electron chi connectivity index (χ3n) is 4.29. The molecular formula is C18H21ClN2O3. The molecule has 1 aliphatic heterocycles. The summed E-state index contributed by atoms with van der Waals surface area (Å²) in [6.45, 7) is 3.54. The second kappa shape index (κ2) is 7.71. The summed E-state index contributed by atoms with van der Waals surface area (Å²) < 4.78 is 11.0. The fraction of sp³-hybridized carbons (Fsp3) is 0.444. The minimum Gasteiger partial charge on any atom is -0.487 e. The molecule has 1 amide bonds. The van der Waals surface area contributed by atoms with E-state index in [2.05, 4.69) is 5.16 Å². The monoisotopic (exact) mass is 348 g/mol. The van der Waals surface area contributed by atoms with Crippen molar-refractivity contribution < 1.29 is 14.1 Å². The SMILES string of the molecule is Cc1onc(C(=O)N2CCCCCC2)c1COc1ccccc1Cl. The molecule has 0 N–H and O–H groups in total. The first-order valence-electron chi connectivity index (χ1n) is 8.28. The molecular weight excluding hydrogens is 328 g/mol. The molecule has 0 unspecified atom stereocenters. The van der Waals surface area contributed by atoms with Gasteiger partial charge in [-0.05, 0) is 31.9 Å². The summed E-state index contributed by atoms with van der Waals surface area (Å²) in [5, 5.41) is 4.51. The summed E-state index contributed by atoms with van der Waals surface area (Å²) in [4.78, 5) is 14.7. The van der Waals surface area contributed by atoms with Gasteiger partial charge in [0.1, 0.15) is 18.1 Å². The molecule has 24 heavy (non-hydrogen) atoms. The molecule has 2 heterocycles. The molecule has 1 aromatic heterocycles. The quantitative estimate of drug-likeness (QED) is 0.829. The van der Waals surface area contributed by atoms with Gasteiger partial charge in [0.25, 0.3) is 5.91 Å². The van der Waals surface area contributed by atoms with E-state index in [1.807, 2.05) is 17.0 Å². The highest BCUT2D eigenvalue weighted by atomic mass is 35.5. The summed E-state index contributed by atoms with van der Waals surface area (Å²) in [5.74, 6) is 1.10. The Kier molecular flexibility index (Phi) is 5.41. The smallest absolute Gasteiger partial charge is 0.276 e. The van der Waals surface area contributed by atoms with Crippen LogP contribution >= 0.6 is 11.6 Å². The van der Waals surface area contributed by atoms with E-state index < -0.39 is 0 Å². The van der Waals surface area contributed by atoms with Crippen molar-refractivity contribution in [2.24, 2.45) is 0 Å². The van der Waals surface area contributed by atoms with Gasteiger partial charge in [-0.25, -0.2) is 0 Å². The molecule has 2 aromatic rings. The molecule has 6 heteroatoms. The molecule has 1 fully saturated rings. The first-order valence-corrected chi connectivity index (χ1v) is 8.66. The average molecular weight is 349 g/mol. The normalized spacial score (nSPS) is 15.2. The van der Waals surface area contributed by atoms with Crippen molar-refractivity contribution in [1.82, 2.24) is 10.1 Å². The van der Waals surface area contributed by atoms with E-state index in [0.717, 1.165) is 25.9 Å². The second-order valence-electron chi connectivity index (χ2n) is 5.99. The van der Waals surface area contributed by atoms with Crippen molar-refractivity contribution in [3.8, 4) is 5.75 Å². The molecule has 1 aliphatic rings. The van der Waals surface area contributed by atoms with Crippen LogP contribution < -0.4 is 4.74 Å². The number of nitrogens with zero attached hydrogens (tertiary/aromatic N) is 2. The van der Waals surface area contributed by atoms with Crippen molar-refractivity contribution in [2.75, 3.05) is 13.1 Å². The lowest BCUT2D eigenvalue weighted by Gasteiger charge is -2.19. The Morgan fingerprint density at radius 1 is 1.25 bits per heavy atom. The molecule has 128 valence electrons. The molecule has 1 saturated heterocycles. The van der Waals surface area contributed by atoms with Gasteiger partial charge < -0.3 is 14.2 Å². The molecule has 0 spiro atoms. The highest BCUT2D eigenvalue weighted by Crippen LogP contribution is 2.26. The van der Waals surface area contributed by atoms with E-state index in [0.29, 0.717) is 27.8 Å². The van der Waals surface area contributed by atoms with E-state index in [4.69, 9.17) is 20.9 Å². The summed E-state index contributed by atoms with van der Waals surface area (Å²) in [6, 6.07) is 7.25. The van der Waals surface area contributed by atoms with Crippen molar-refractivity contribution in [1.29, 1.82) is 0 Å². The number of likely N-dealkylation sites (tertiary alicyclic amines) is 1. The molecule has 0 saturated carbocycles. The van der Waals surface area contributed by atoms with Crippen LogP contribution in [0, 0.1) is 6.92 Å². The molecule has 0 bridgehead atoms. The van der Waals surface area contributed by atoms with Crippen LogP contribution in [0.5, 0.6) is 5.75 Å². The topological polar surface area (TPSA) is 55.6 Å².